The molecule has 9 heteroatoms. The zero-order chi connectivity index (χ0) is 24.3. The van der Waals surface area contributed by atoms with Crippen LogP contribution in [0, 0.1) is 12.7 Å². The SMILES string of the molecule is Cc1c(C(=O)Nc2ccc(S(=O)(=O)N(C)Cc3ccccc3)cc2)cnn1-c1ccccc1F. The van der Waals surface area contributed by atoms with Gasteiger partial charge in [-0.3, -0.25) is 4.79 Å². The fourth-order valence-electron chi connectivity index (χ4n) is 3.51. The lowest BCUT2D eigenvalue weighted by Gasteiger charge is -2.17. The van der Waals surface area contributed by atoms with Crippen molar-refractivity contribution in [3.8, 4) is 5.69 Å². The smallest absolute Gasteiger partial charge is 0.259 e. The van der Waals surface area contributed by atoms with E-state index in [0.717, 1.165) is 5.56 Å². The Balaban J connectivity index is 1.48. The third-order valence-electron chi connectivity index (χ3n) is 5.40. The standard InChI is InChI=1S/C25H23FN4O3S/c1-18-22(16-27-30(18)24-11-7-6-10-23(24)26)25(31)28-20-12-14-21(15-13-20)34(32,33)29(2)17-19-8-4-3-5-9-19/h3-16H,17H2,1-2H3,(H,28,31). The Morgan fingerprint density at radius 2 is 1.65 bits per heavy atom. The molecule has 0 spiro atoms. The van der Waals surface area contributed by atoms with Crippen molar-refractivity contribution in [1.29, 1.82) is 0 Å². The van der Waals surface area contributed by atoms with E-state index in [-0.39, 0.29) is 22.7 Å². The van der Waals surface area contributed by atoms with Crippen LogP contribution in [0.15, 0.2) is 90.0 Å². The predicted octanol–water partition coefficient (Wildman–Crippen LogP) is 4.39. The van der Waals surface area contributed by atoms with Gasteiger partial charge in [-0.1, -0.05) is 42.5 Å². The molecule has 0 aliphatic carbocycles. The van der Waals surface area contributed by atoms with Crippen LogP contribution in [0.1, 0.15) is 21.6 Å². The zero-order valence-corrected chi connectivity index (χ0v) is 19.5. The quantitative estimate of drug-likeness (QED) is 0.427. The molecule has 0 saturated carbocycles. The molecule has 0 aliphatic rings. The number of para-hydroxylation sites is 1. The molecule has 1 aromatic heterocycles. The summed E-state index contributed by atoms with van der Waals surface area (Å²) < 4.78 is 42.5. The molecule has 7 nitrogen and oxygen atoms in total. The van der Waals surface area contributed by atoms with Gasteiger partial charge < -0.3 is 5.32 Å². The van der Waals surface area contributed by atoms with Gasteiger partial charge in [-0.05, 0) is 48.9 Å². The average molecular weight is 479 g/mol. The normalized spacial score (nSPS) is 11.5. The van der Waals surface area contributed by atoms with Crippen LogP contribution in [0.2, 0.25) is 0 Å². The van der Waals surface area contributed by atoms with E-state index in [9.17, 15) is 17.6 Å². The molecule has 1 heterocycles. The Hall–Kier alpha value is -3.82. The van der Waals surface area contributed by atoms with E-state index in [1.54, 1.807) is 25.1 Å². The van der Waals surface area contributed by atoms with Crippen molar-refractivity contribution >= 4 is 21.6 Å². The summed E-state index contributed by atoms with van der Waals surface area (Å²) in [5, 5.41) is 6.87. The van der Waals surface area contributed by atoms with Gasteiger partial charge in [0.05, 0.1) is 22.3 Å². The number of benzene rings is 3. The van der Waals surface area contributed by atoms with Gasteiger partial charge >= 0.3 is 0 Å². The molecule has 0 radical (unpaired) electrons. The molecule has 0 saturated heterocycles. The molecule has 0 fully saturated rings. The van der Waals surface area contributed by atoms with Crippen molar-refractivity contribution in [3.63, 3.8) is 0 Å². The maximum absolute atomic E-state index is 14.1. The van der Waals surface area contributed by atoms with Gasteiger partial charge in [-0.15, -0.1) is 0 Å². The third-order valence-corrected chi connectivity index (χ3v) is 7.22. The van der Waals surface area contributed by atoms with Crippen molar-refractivity contribution in [1.82, 2.24) is 14.1 Å². The summed E-state index contributed by atoms with van der Waals surface area (Å²) in [4.78, 5) is 12.9. The molecule has 4 rings (SSSR count). The highest BCUT2D eigenvalue weighted by Crippen LogP contribution is 2.21. The molecule has 0 bridgehead atoms. The first-order valence-corrected chi connectivity index (χ1v) is 11.9. The number of sulfonamides is 1. The molecule has 34 heavy (non-hydrogen) atoms. The van der Waals surface area contributed by atoms with E-state index in [2.05, 4.69) is 10.4 Å². The Morgan fingerprint density at radius 1 is 1.00 bits per heavy atom. The molecule has 174 valence electrons. The van der Waals surface area contributed by atoms with Crippen LogP contribution < -0.4 is 5.32 Å². The van der Waals surface area contributed by atoms with Crippen LogP contribution in [0.3, 0.4) is 0 Å². The number of hydrogen-bond acceptors (Lipinski definition) is 4. The van der Waals surface area contributed by atoms with Gasteiger partial charge in [0, 0.05) is 19.3 Å². The first-order chi connectivity index (χ1) is 16.3. The number of nitrogens with zero attached hydrogens (tertiary/aromatic N) is 3. The molecule has 1 N–H and O–H groups in total. The summed E-state index contributed by atoms with van der Waals surface area (Å²) in [6.07, 6.45) is 1.37. The fraction of sp³-hybridized carbons (Fsp3) is 0.120. The third kappa shape index (κ3) is 4.75. The van der Waals surface area contributed by atoms with E-state index in [4.69, 9.17) is 0 Å². The molecular weight excluding hydrogens is 455 g/mol. The topological polar surface area (TPSA) is 84.3 Å². The number of anilines is 1. The Morgan fingerprint density at radius 3 is 2.32 bits per heavy atom. The highest BCUT2D eigenvalue weighted by atomic mass is 32.2. The first kappa shape index (κ1) is 23.3. The van der Waals surface area contributed by atoms with E-state index >= 15 is 0 Å². The summed E-state index contributed by atoms with van der Waals surface area (Å²) in [6.45, 7) is 1.92. The second kappa shape index (κ2) is 9.58. The summed E-state index contributed by atoms with van der Waals surface area (Å²) in [5.74, 6) is -0.883. The second-order valence-electron chi connectivity index (χ2n) is 7.73. The summed E-state index contributed by atoms with van der Waals surface area (Å²) in [7, 11) is -2.18. The van der Waals surface area contributed by atoms with Crippen molar-refractivity contribution in [2.75, 3.05) is 12.4 Å². The van der Waals surface area contributed by atoms with E-state index in [0.29, 0.717) is 11.4 Å². The molecule has 0 atom stereocenters. The summed E-state index contributed by atoms with van der Waals surface area (Å²) >= 11 is 0. The number of carbonyl (C=O) groups is 1. The minimum atomic E-state index is -3.70. The summed E-state index contributed by atoms with van der Waals surface area (Å²) in [6, 6.07) is 21.4. The monoisotopic (exact) mass is 478 g/mol. The number of halogens is 1. The van der Waals surface area contributed by atoms with Gasteiger partial charge in [-0.2, -0.15) is 9.40 Å². The Bertz CT molecular complexity index is 1420. The average Bonchev–Trinajstić information content (AvgIpc) is 3.21. The fourth-order valence-corrected chi connectivity index (χ4v) is 4.67. The van der Waals surface area contributed by atoms with Crippen LogP contribution in [-0.4, -0.2) is 35.5 Å². The highest BCUT2D eigenvalue weighted by Gasteiger charge is 2.21. The van der Waals surface area contributed by atoms with Crippen LogP contribution in [0.5, 0.6) is 0 Å². The van der Waals surface area contributed by atoms with Crippen molar-refractivity contribution in [2.45, 2.75) is 18.4 Å². The predicted molar refractivity (Wildman–Crippen MR) is 128 cm³/mol. The van der Waals surface area contributed by atoms with Crippen LogP contribution in [0.25, 0.3) is 5.69 Å². The molecule has 4 aromatic rings. The largest absolute Gasteiger partial charge is 0.322 e. The van der Waals surface area contributed by atoms with Crippen molar-refractivity contribution < 1.29 is 17.6 Å². The molecule has 3 aromatic carbocycles. The lowest BCUT2D eigenvalue weighted by atomic mass is 10.2. The van der Waals surface area contributed by atoms with E-state index in [1.165, 1.54) is 52.6 Å². The molecule has 0 aliphatic heterocycles. The van der Waals surface area contributed by atoms with Crippen molar-refractivity contribution in [2.24, 2.45) is 0 Å². The van der Waals surface area contributed by atoms with Gasteiger partial charge in [-0.25, -0.2) is 17.5 Å². The highest BCUT2D eigenvalue weighted by molar-refractivity contribution is 7.89. The maximum atomic E-state index is 14.1. The zero-order valence-electron chi connectivity index (χ0n) is 18.6. The number of rotatable bonds is 7. The minimum absolute atomic E-state index is 0.118. The Kier molecular flexibility index (Phi) is 6.58. The molecular formula is C25H23FN4O3S. The first-order valence-electron chi connectivity index (χ1n) is 10.5. The van der Waals surface area contributed by atoms with Crippen LogP contribution in [-0.2, 0) is 16.6 Å². The van der Waals surface area contributed by atoms with E-state index in [1.807, 2.05) is 30.3 Å². The molecule has 1 amide bonds. The maximum Gasteiger partial charge on any atom is 0.259 e. The van der Waals surface area contributed by atoms with E-state index < -0.39 is 21.7 Å². The lowest BCUT2D eigenvalue weighted by molar-refractivity contribution is 0.102. The Labute approximate surface area is 197 Å². The number of aromatic nitrogens is 2. The van der Waals surface area contributed by atoms with Crippen molar-refractivity contribution in [3.05, 3.63) is 108 Å². The minimum Gasteiger partial charge on any atom is -0.322 e. The molecule has 0 unspecified atom stereocenters. The van der Waals surface area contributed by atoms with Gasteiger partial charge in [0.15, 0.2) is 0 Å². The lowest BCUT2D eigenvalue weighted by Crippen LogP contribution is -2.26. The van der Waals surface area contributed by atoms with Gasteiger partial charge in [0.25, 0.3) is 5.91 Å². The number of hydrogen-bond donors (Lipinski definition) is 1. The van der Waals surface area contributed by atoms with Gasteiger partial charge in [0.2, 0.25) is 10.0 Å². The number of carbonyl (C=O) groups excluding carboxylic acids is 1. The number of nitrogens with one attached hydrogen (secondary N) is 1. The van der Waals surface area contributed by atoms with Crippen LogP contribution in [0.4, 0.5) is 10.1 Å². The number of amides is 1. The van der Waals surface area contributed by atoms with Crippen LogP contribution >= 0.6 is 0 Å². The summed E-state index contributed by atoms with van der Waals surface area (Å²) in [5.41, 5.74) is 2.30. The van der Waals surface area contributed by atoms with Gasteiger partial charge in [0.1, 0.15) is 11.5 Å². The second-order valence-corrected chi connectivity index (χ2v) is 9.78.